The van der Waals surface area contributed by atoms with Crippen molar-refractivity contribution >= 4 is 41.3 Å². The van der Waals surface area contributed by atoms with Crippen LogP contribution >= 0.6 is 23.7 Å². The first-order valence-electron chi connectivity index (χ1n) is 7.63. The Bertz CT molecular complexity index is 1000. The van der Waals surface area contributed by atoms with E-state index in [0.717, 1.165) is 17.0 Å². The molecule has 1 aliphatic rings. The molecule has 4 rings (SSSR count). The first kappa shape index (κ1) is 17.9. The molecule has 3 aromatic rings. The van der Waals surface area contributed by atoms with Crippen LogP contribution in [0.3, 0.4) is 0 Å². The van der Waals surface area contributed by atoms with Crippen molar-refractivity contribution in [3.63, 3.8) is 0 Å². The van der Waals surface area contributed by atoms with Crippen LogP contribution in [-0.4, -0.2) is 31.2 Å². The van der Waals surface area contributed by atoms with Gasteiger partial charge in [0.25, 0.3) is 0 Å². The number of carbonyl (C=O) groups is 1. The molecule has 0 atom stereocenters. The molecule has 0 aliphatic heterocycles. The van der Waals surface area contributed by atoms with Gasteiger partial charge in [-0.25, -0.2) is 14.8 Å². The highest BCUT2D eigenvalue weighted by Gasteiger charge is 2.25. The summed E-state index contributed by atoms with van der Waals surface area (Å²) in [5, 5.41) is 19.4. The number of aromatic nitrogens is 4. The second-order valence-electron chi connectivity index (χ2n) is 5.68. The van der Waals surface area contributed by atoms with Crippen LogP contribution in [0.1, 0.15) is 39.7 Å². The summed E-state index contributed by atoms with van der Waals surface area (Å²) in [6.07, 6.45) is 9.43. The minimum Gasteiger partial charge on any atom is -0.477 e. The van der Waals surface area contributed by atoms with E-state index in [1.54, 1.807) is 12.3 Å². The van der Waals surface area contributed by atoms with Gasteiger partial charge in [0.05, 0.1) is 10.4 Å². The summed E-state index contributed by atoms with van der Waals surface area (Å²) in [6.45, 7) is 0. The molecule has 1 saturated carbocycles. The topological polar surface area (TPSA) is 104 Å². The minimum absolute atomic E-state index is 0. The average Bonchev–Trinajstić information content (AvgIpc) is 3.15. The summed E-state index contributed by atoms with van der Waals surface area (Å²) in [7, 11) is 0. The maximum Gasteiger partial charge on any atom is 0.345 e. The molecule has 0 aromatic carbocycles. The van der Waals surface area contributed by atoms with Gasteiger partial charge in [-0.05, 0) is 25.0 Å². The van der Waals surface area contributed by atoms with E-state index in [1.165, 1.54) is 18.9 Å². The van der Waals surface area contributed by atoms with Crippen molar-refractivity contribution in [2.45, 2.75) is 18.8 Å². The van der Waals surface area contributed by atoms with Crippen LogP contribution in [0.25, 0.3) is 10.7 Å². The number of hydrogen-bond acceptors (Lipinski definition) is 6. The number of aromatic amines is 1. The van der Waals surface area contributed by atoms with Gasteiger partial charge in [-0.15, -0.1) is 30.2 Å². The zero-order valence-electron chi connectivity index (χ0n) is 13.4. The Balaban J connectivity index is 0.00000196. The Morgan fingerprint density at radius 1 is 1.42 bits per heavy atom. The number of aromatic carboxylic acids is 1. The van der Waals surface area contributed by atoms with Crippen LogP contribution in [0.4, 0.5) is 11.6 Å². The third-order valence-electron chi connectivity index (χ3n) is 3.84. The molecular weight excluding hydrogens is 374 g/mol. The molecule has 0 bridgehead atoms. The van der Waals surface area contributed by atoms with Crippen LogP contribution in [0.2, 0.25) is 0 Å². The molecular formula is C17H14ClN5O2S. The Morgan fingerprint density at radius 3 is 2.88 bits per heavy atom. The van der Waals surface area contributed by atoms with Crippen LogP contribution < -0.4 is 5.32 Å². The highest BCUT2D eigenvalue weighted by Crippen LogP contribution is 2.39. The van der Waals surface area contributed by atoms with Crippen LogP contribution in [-0.2, 0) is 0 Å². The Hall–Kier alpha value is -2.89. The predicted molar refractivity (Wildman–Crippen MR) is 101 cm³/mol. The van der Waals surface area contributed by atoms with Gasteiger partial charge in [0, 0.05) is 23.9 Å². The molecule has 9 heteroatoms. The molecule has 3 N–H and O–H groups in total. The van der Waals surface area contributed by atoms with Crippen molar-refractivity contribution in [2.24, 2.45) is 0 Å². The van der Waals surface area contributed by atoms with Crippen molar-refractivity contribution in [3.05, 3.63) is 40.5 Å². The lowest BCUT2D eigenvalue weighted by atomic mass is 10.3. The van der Waals surface area contributed by atoms with Crippen molar-refractivity contribution in [1.82, 2.24) is 20.2 Å². The van der Waals surface area contributed by atoms with E-state index < -0.39 is 5.97 Å². The zero-order valence-corrected chi connectivity index (χ0v) is 15.0. The van der Waals surface area contributed by atoms with E-state index in [2.05, 4.69) is 31.4 Å². The molecule has 0 radical (unpaired) electrons. The fraction of sp³-hybridized carbons (Fsp3) is 0.176. The average molecular weight is 388 g/mol. The molecule has 26 heavy (non-hydrogen) atoms. The lowest BCUT2D eigenvalue weighted by molar-refractivity contribution is 0.0702. The van der Waals surface area contributed by atoms with Gasteiger partial charge in [-0.1, -0.05) is 5.92 Å². The van der Waals surface area contributed by atoms with E-state index in [1.807, 2.05) is 6.07 Å². The van der Waals surface area contributed by atoms with Gasteiger partial charge in [-0.3, -0.25) is 5.10 Å². The summed E-state index contributed by atoms with van der Waals surface area (Å²) < 4.78 is 0. The molecule has 7 nitrogen and oxygen atoms in total. The Kier molecular flexibility index (Phi) is 4.93. The fourth-order valence-corrected chi connectivity index (χ4v) is 3.19. The number of thiophene rings is 1. The maximum absolute atomic E-state index is 11.0. The summed E-state index contributed by atoms with van der Waals surface area (Å²) in [5.74, 6) is 3.65. The molecule has 3 heterocycles. The van der Waals surface area contributed by atoms with Crippen LogP contribution in [0.15, 0.2) is 24.4 Å². The lowest BCUT2D eigenvalue weighted by Crippen LogP contribution is -2.00. The number of nitrogens with zero attached hydrogens (tertiary/aromatic N) is 3. The monoisotopic (exact) mass is 387 g/mol. The van der Waals surface area contributed by atoms with Crippen molar-refractivity contribution in [1.29, 1.82) is 0 Å². The van der Waals surface area contributed by atoms with E-state index in [9.17, 15) is 4.79 Å². The summed E-state index contributed by atoms with van der Waals surface area (Å²) in [6, 6.07) is 5.17. The van der Waals surface area contributed by atoms with Gasteiger partial charge in [-0.2, -0.15) is 5.10 Å². The highest BCUT2D eigenvalue weighted by molar-refractivity contribution is 7.17. The molecule has 1 aliphatic carbocycles. The number of anilines is 2. The number of nitrogens with one attached hydrogen (secondary N) is 2. The van der Waals surface area contributed by atoms with E-state index in [-0.39, 0.29) is 17.3 Å². The van der Waals surface area contributed by atoms with Crippen molar-refractivity contribution in [3.8, 4) is 23.0 Å². The van der Waals surface area contributed by atoms with Crippen LogP contribution in [0.5, 0.6) is 0 Å². The van der Waals surface area contributed by atoms with E-state index >= 15 is 0 Å². The van der Waals surface area contributed by atoms with E-state index in [0.29, 0.717) is 33.8 Å². The Labute approximate surface area is 159 Å². The molecule has 0 unspecified atom stereocenters. The zero-order chi connectivity index (χ0) is 17.4. The quantitative estimate of drug-likeness (QED) is 0.577. The van der Waals surface area contributed by atoms with Gasteiger partial charge in [0.2, 0.25) is 0 Å². The normalized spacial score (nSPS) is 12.9. The summed E-state index contributed by atoms with van der Waals surface area (Å²) in [5.41, 5.74) is 1.61. The number of terminal acetylenes is 1. The van der Waals surface area contributed by atoms with Gasteiger partial charge >= 0.3 is 5.97 Å². The fourth-order valence-electron chi connectivity index (χ4n) is 2.40. The molecule has 0 saturated heterocycles. The van der Waals surface area contributed by atoms with E-state index in [4.69, 9.17) is 11.5 Å². The van der Waals surface area contributed by atoms with Crippen molar-refractivity contribution < 1.29 is 9.90 Å². The predicted octanol–water partition coefficient (Wildman–Crippen LogP) is 3.65. The lowest BCUT2D eigenvalue weighted by Gasteiger charge is -2.06. The number of H-pyrrole nitrogens is 1. The maximum atomic E-state index is 11.0. The minimum atomic E-state index is -0.973. The first-order valence-corrected chi connectivity index (χ1v) is 8.45. The largest absolute Gasteiger partial charge is 0.477 e. The van der Waals surface area contributed by atoms with Gasteiger partial charge in [0.15, 0.2) is 17.5 Å². The van der Waals surface area contributed by atoms with Crippen molar-refractivity contribution in [2.75, 3.05) is 5.32 Å². The smallest absolute Gasteiger partial charge is 0.345 e. The number of hydrogen-bond donors (Lipinski definition) is 3. The standard InChI is InChI=1S/C17H13N5O2S.ClH/c1-2-9-8-18-16(12-5-6-13(25-12)17(23)24)20-15(9)19-14-7-11(21-22-14)10-3-4-10;/h1,5-8,10H,3-4H2,(H,23,24)(H2,18,19,20,21,22);1H. The number of carboxylic acids is 1. The van der Waals surface area contributed by atoms with Gasteiger partial charge in [0.1, 0.15) is 4.88 Å². The summed E-state index contributed by atoms with van der Waals surface area (Å²) in [4.78, 5) is 20.6. The second-order valence-corrected chi connectivity index (χ2v) is 6.76. The third-order valence-corrected chi connectivity index (χ3v) is 4.91. The number of carboxylic acid groups (broad SMARTS) is 1. The highest BCUT2D eigenvalue weighted by atomic mass is 35.5. The molecule has 0 amide bonds. The summed E-state index contributed by atoms with van der Waals surface area (Å²) >= 11 is 1.11. The first-order chi connectivity index (χ1) is 12.1. The molecule has 132 valence electrons. The third kappa shape index (κ3) is 3.54. The SMILES string of the molecule is C#Cc1cnc(-c2ccc(C(=O)O)s2)nc1Nc1cc(C2CC2)[nH]n1.Cl. The Morgan fingerprint density at radius 2 is 2.23 bits per heavy atom. The molecule has 1 fully saturated rings. The number of halogens is 1. The number of rotatable bonds is 5. The molecule has 3 aromatic heterocycles. The van der Waals surface area contributed by atoms with Crippen LogP contribution in [0, 0.1) is 12.3 Å². The molecule has 0 spiro atoms. The van der Waals surface area contributed by atoms with Gasteiger partial charge < -0.3 is 10.4 Å². The second kappa shape index (κ2) is 7.15.